The molecule has 1 amide bonds. The zero-order valence-corrected chi connectivity index (χ0v) is 13.8. The van der Waals surface area contributed by atoms with Crippen LogP contribution < -0.4 is 5.32 Å². The fraction of sp³-hybridized carbons (Fsp3) is 0.125. The number of rotatable bonds is 4. The number of nitriles is 1. The fourth-order valence-corrected chi connectivity index (χ4v) is 3.82. The van der Waals surface area contributed by atoms with Gasteiger partial charge in [-0.15, -0.1) is 11.3 Å². The van der Waals surface area contributed by atoms with E-state index < -0.39 is 0 Å². The number of hydrogen-bond acceptors (Lipinski definition) is 6. The molecule has 0 radical (unpaired) electrons. The Morgan fingerprint density at radius 3 is 3.09 bits per heavy atom. The Labute approximate surface area is 141 Å². The van der Waals surface area contributed by atoms with Crippen molar-refractivity contribution < 1.29 is 4.79 Å². The highest BCUT2D eigenvalue weighted by atomic mass is 32.2. The maximum atomic E-state index is 12.3. The number of nitrogens with zero attached hydrogens (tertiary/aromatic N) is 3. The summed E-state index contributed by atoms with van der Waals surface area (Å²) in [6, 6.07) is 10.8. The van der Waals surface area contributed by atoms with Crippen molar-refractivity contribution in [2.75, 3.05) is 5.32 Å². The predicted molar refractivity (Wildman–Crippen MR) is 92.5 cm³/mol. The van der Waals surface area contributed by atoms with Crippen molar-refractivity contribution in [3.05, 3.63) is 47.6 Å². The molecule has 0 fully saturated rings. The standard InChI is InChI=1S/C16H12N4OS2/c1-10(15(21)20-12-4-2-3-11(7-12)8-17)23-16-14-13(5-6-22-14)18-9-19-16/h2-7,9-10H,1H3,(H,20,21). The van der Waals surface area contributed by atoms with E-state index in [9.17, 15) is 4.79 Å². The monoisotopic (exact) mass is 340 g/mol. The molecular weight excluding hydrogens is 328 g/mol. The van der Waals surface area contributed by atoms with Gasteiger partial charge in [0.25, 0.3) is 0 Å². The zero-order chi connectivity index (χ0) is 16.2. The van der Waals surface area contributed by atoms with Crippen LogP contribution >= 0.6 is 23.1 Å². The van der Waals surface area contributed by atoms with Crippen LogP contribution in [0.1, 0.15) is 12.5 Å². The number of thioether (sulfide) groups is 1. The largest absolute Gasteiger partial charge is 0.325 e. The Morgan fingerprint density at radius 1 is 1.39 bits per heavy atom. The highest BCUT2D eigenvalue weighted by Crippen LogP contribution is 2.31. The second kappa shape index (κ2) is 6.77. The number of anilines is 1. The van der Waals surface area contributed by atoms with Crippen LogP contribution in [0.25, 0.3) is 10.2 Å². The van der Waals surface area contributed by atoms with E-state index in [1.807, 2.05) is 18.4 Å². The summed E-state index contributed by atoms with van der Waals surface area (Å²) in [4.78, 5) is 20.8. The molecule has 1 N–H and O–H groups in total. The van der Waals surface area contributed by atoms with E-state index >= 15 is 0 Å². The Morgan fingerprint density at radius 2 is 2.26 bits per heavy atom. The van der Waals surface area contributed by atoms with Crippen molar-refractivity contribution in [2.24, 2.45) is 0 Å². The maximum Gasteiger partial charge on any atom is 0.237 e. The lowest BCUT2D eigenvalue weighted by Gasteiger charge is -2.12. The number of fused-ring (bicyclic) bond motifs is 1. The summed E-state index contributed by atoms with van der Waals surface area (Å²) in [5, 5.41) is 14.2. The van der Waals surface area contributed by atoms with Crippen LogP contribution in [0.4, 0.5) is 5.69 Å². The van der Waals surface area contributed by atoms with Crippen LogP contribution in [0, 0.1) is 11.3 Å². The quantitative estimate of drug-likeness (QED) is 0.579. The lowest BCUT2D eigenvalue weighted by atomic mass is 10.2. The molecule has 0 aliphatic carbocycles. The van der Waals surface area contributed by atoms with Gasteiger partial charge in [-0.1, -0.05) is 17.8 Å². The van der Waals surface area contributed by atoms with E-state index in [4.69, 9.17) is 5.26 Å². The van der Waals surface area contributed by atoms with Crippen LogP contribution in [0.15, 0.2) is 47.1 Å². The van der Waals surface area contributed by atoms with Crippen molar-refractivity contribution in [3.8, 4) is 6.07 Å². The molecule has 7 heteroatoms. The maximum absolute atomic E-state index is 12.3. The molecule has 3 aromatic rings. The topological polar surface area (TPSA) is 78.7 Å². The molecule has 0 saturated carbocycles. The average Bonchev–Trinajstić information content (AvgIpc) is 3.04. The van der Waals surface area contributed by atoms with Gasteiger partial charge >= 0.3 is 0 Å². The first-order valence-corrected chi connectivity index (χ1v) is 8.59. The van der Waals surface area contributed by atoms with Gasteiger partial charge in [0, 0.05) is 5.69 Å². The number of hydrogen-bond donors (Lipinski definition) is 1. The number of carbonyl (C=O) groups is 1. The number of amides is 1. The van der Waals surface area contributed by atoms with Crippen molar-refractivity contribution >= 4 is 44.9 Å². The highest BCUT2D eigenvalue weighted by Gasteiger charge is 2.17. The fourth-order valence-electron chi connectivity index (χ4n) is 1.98. The van der Waals surface area contributed by atoms with E-state index in [1.54, 1.807) is 35.6 Å². The van der Waals surface area contributed by atoms with E-state index in [1.165, 1.54) is 18.1 Å². The molecule has 1 unspecified atom stereocenters. The zero-order valence-electron chi connectivity index (χ0n) is 12.2. The Kier molecular flexibility index (Phi) is 4.55. The Hall–Kier alpha value is -2.43. The normalized spacial score (nSPS) is 11.8. The number of nitrogens with one attached hydrogen (secondary N) is 1. The molecule has 114 valence electrons. The molecule has 0 bridgehead atoms. The minimum absolute atomic E-state index is 0.131. The SMILES string of the molecule is CC(Sc1ncnc2ccsc12)C(=O)Nc1cccc(C#N)c1. The first kappa shape index (κ1) is 15.5. The van der Waals surface area contributed by atoms with Gasteiger partial charge in [-0.3, -0.25) is 4.79 Å². The number of carbonyl (C=O) groups excluding carboxylic acids is 1. The molecule has 0 aliphatic heterocycles. The van der Waals surface area contributed by atoms with Crippen LogP contribution in [-0.2, 0) is 4.79 Å². The molecule has 1 atom stereocenters. The van der Waals surface area contributed by atoms with Gasteiger partial charge in [0.1, 0.15) is 11.4 Å². The molecule has 0 aliphatic rings. The minimum atomic E-state index is -0.319. The first-order chi connectivity index (χ1) is 11.2. The van der Waals surface area contributed by atoms with Crippen LogP contribution in [0.2, 0.25) is 0 Å². The Balaban J connectivity index is 1.72. The first-order valence-electron chi connectivity index (χ1n) is 6.83. The summed E-state index contributed by atoms with van der Waals surface area (Å²) < 4.78 is 0.989. The number of aromatic nitrogens is 2. The summed E-state index contributed by atoms with van der Waals surface area (Å²) >= 11 is 2.96. The van der Waals surface area contributed by atoms with E-state index in [-0.39, 0.29) is 11.2 Å². The van der Waals surface area contributed by atoms with E-state index in [0.717, 1.165) is 15.2 Å². The molecular formula is C16H12N4OS2. The third-order valence-corrected chi connectivity index (χ3v) is 5.27. The lowest BCUT2D eigenvalue weighted by Crippen LogP contribution is -2.22. The van der Waals surface area contributed by atoms with Gasteiger partial charge in [0.2, 0.25) is 5.91 Å². The molecule has 5 nitrogen and oxygen atoms in total. The summed E-state index contributed by atoms with van der Waals surface area (Å²) in [5.74, 6) is -0.131. The third kappa shape index (κ3) is 3.50. The van der Waals surface area contributed by atoms with Crippen LogP contribution in [-0.4, -0.2) is 21.1 Å². The minimum Gasteiger partial charge on any atom is -0.325 e. The third-order valence-electron chi connectivity index (χ3n) is 3.13. The van der Waals surface area contributed by atoms with Gasteiger partial charge in [0.05, 0.1) is 27.1 Å². The molecule has 2 aromatic heterocycles. The summed E-state index contributed by atoms with van der Waals surface area (Å²) in [5.41, 5.74) is 2.02. The highest BCUT2D eigenvalue weighted by molar-refractivity contribution is 8.00. The predicted octanol–water partition coefficient (Wildman–Crippen LogP) is 3.68. The van der Waals surface area contributed by atoms with E-state index in [2.05, 4.69) is 21.4 Å². The van der Waals surface area contributed by atoms with Gasteiger partial charge in [-0.2, -0.15) is 5.26 Å². The van der Waals surface area contributed by atoms with Crippen LogP contribution in [0.5, 0.6) is 0 Å². The van der Waals surface area contributed by atoms with E-state index in [0.29, 0.717) is 11.3 Å². The summed E-state index contributed by atoms with van der Waals surface area (Å²) in [6.07, 6.45) is 1.51. The molecule has 1 aromatic carbocycles. The molecule has 23 heavy (non-hydrogen) atoms. The molecule has 2 heterocycles. The van der Waals surface area contributed by atoms with Crippen molar-refractivity contribution in [1.82, 2.24) is 9.97 Å². The summed E-state index contributed by atoms with van der Waals surface area (Å²) in [7, 11) is 0. The number of benzene rings is 1. The average molecular weight is 340 g/mol. The van der Waals surface area contributed by atoms with Gasteiger partial charge in [0.15, 0.2) is 0 Å². The second-order valence-corrected chi connectivity index (χ2v) is 7.00. The lowest BCUT2D eigenvalue weighted by molar-refractivity contribution is -0.115. The molecule has 3 rings (SSSR count). The smallest absolute Gasteiger partial charge is 0.237 e. The second-order valence-electron chi connectivity index (χ2n) is 4.76. The van der Waals surface area contributed by atoms with Crippen LogP contribution in [0.3, 0.4) is 0 Å². The van der Waals surface area contributed by atoms with Crippen molar-refractivity contribution in [1.29, 1.82) is 5.26 Å². The summed E-state index contributed by atoms with van der Waals surface area (Å²) in [6.45, 7) is 1.83. The van der Waals surface area contributed by atoms with Crippen molar-refractivity contribution in [3.63, 3.8) is 0 Å². The number of thiophene rings is 1. The van der Waals surface area contributed by atoms with Gasteiger partial charge in [-0.05, 0) is 36.6 Å². The molecule has 0 saturated heterocycles. The Bertz CT molecular complexity index is 900. The van der Waals surface area contributed by atoms with Gasteiger partial charge in [-0.25, -0.2) is 9.97 Å². The van der Waals surface area contributed by atoms with Gasteiger partial charge < -0.3 is 5.32 Å². The van der Waals surface area contributed by atoms with Crippen molar-refractivity contribution in [2.45, 2.75) is 17.2 Å². The molecule has 0 spiro atoms.